The highest BCUT2D eigenvalue weighted by Crippen LogP contribution is 2.45. The first-order chi connectivity index (χ1) is 14.1. The standard InChI is InChI=1S/C22H31N3O4/c1-28-19-8-4-3-7-18(19)23-21(27)25-15-17(20(26)24-11-5-2-6-12-24)22(16-25)9-13-29-14-10-22/h3-4,7-8,17H,2,5-6,9-16H2,1H3,(H,23,27)/t17-/m0/s1. The van der Waals surface area contributed by atoms with Gasteiger partial charge in [-0.1, -0.05) is 12.1 Å². The summed E-state index contributed by atoms with van der Waals surface area (Å²) < 4.78 is 10.9. The van der Waals surface area contributed by atoms with Gasteiger partial charge in [0.1, 0.15) is 5.75 Å². The molecule has 0 radical (unpaired) electrons. The molecule has 0 aromatic heterocycles. The van der Waals surface area contributed by atoms with E-state index < -0.39 is 0 Å². The number of rotatable bonds is 3. The van der Waals surface area contributed by atoms with Crippen LogP contribution >= 0.6 is 0 Å². The van der Waals surface area contributed by atoms with Gasteiger partial charge < -0.3 is 24.6 Å². The van der Waals surface area contributed by atoms with Crippen LogP contribution in [0.1, 0.15) is 32.1 Å². The fraction of sp³-hybridized carbons (Fsp3) is 0.636. The van der Waals surface area contributed by atoms with Gasteiger partial charge in [-0.2, -0.15) is 0 Å². The number of para-hydroxylation sites is 2. The molecule has 3 aliphatic rings. The molecule has 3 amide bonds. The second-order valence-corrected chi connectivity index (χ2v) is 8.42. The first-order valence-electron chi connectivity index (χ1n) is 10.7. The van der Waals surface area contributed by atoms with Crippen LogP contribution in [0.2, 0.25) is 0 Å². The molecule has 3 heterocycles. The topological polar surface area (TPSA) is 71.1 Å². The lowest BCUT2D eigenvalue weighted by Gasteiger charge is -2.39. The third kappa shape index (κ3) is 4.06. The van der Waals surface area contributed by atoms with E-state index in [9.17, 15) is 9.59 Å². The molecule has 1 atom stereocenters. The maximum absolute atomic E-state index is 13.4. The van der Waals surface area contributed by atoms with Crippen LogP contribution in [0.3, 0.4) is 0 Å². The van der Waals surface area contributed by atoms with Crippen molar-refractivity contribution >= 4 is 17.6 Å². The molecule has 4 rings (SSSR count). The Morgan fingerprint density at radius 2 is 1.83 bits per heavy atom. The summed E-state index contributed by atoms with van der Waals surface area (Å²) in [7, 11) is 1.59. The maximum atomic E-state index is 13.4. The summed E-state index contributed by atoms with van der Waals surface area (Å²) in [5.41, 5.74) is 0.470. The fourth-order valence-electron chi connectivity index (χ4n) is 5.02. The van der Waals surface area contributed by atoms with Crippen molar-refractivity contribution in [1.82, 2.24) is 9.80 Å². The number of methoxy groups -OCH3 is 1. The summed E-state index contributed by atoms with van der Waals surface area (Å²) in [6.45, 7) is 4.07. The Kier molecular flexibility index (Phi) is 5.94. The average Bonchev–Trinajstić information content (AvgIpc) is 3.13. The Bertz CT molecular complexity index is 741. The second-order valence-electron chi connectivity index (χ2n) is 8.42. The lowest BCUT2D eigenvalue weighted by molar-refractivity contribution is -0.141. The molecule has 0 bridgehead atoms. The minimum Gasteiger partial charge on any atom is -0.495 e. The summed E-state index contributed by atoms with van der Waals surface area (Å²) in [5.74, 6) is 0.703. The number of likely N-dealkylation sites (tertiary alicyclic amines) is 2. The van der Waals surface area contributed by atoms with Gasteiger partial charge in [-0.15, -0.1) is 0 Å². The SMILES string of the molecule is COc1ccccc1NC(=O)N1C[C@@H](C(=O)N2CCCCC2)C2(CCOCC2)C1. The summed E-state index contributed by atoms with van der Waals surface area (Å²) >= 11 is 0. The van der Waals surface area contributed by atoms with E-state index in [2.05, 4.69) is 5.32 Å². The van der Waals surface area contributed by atoms with E-state index in [0.717, 1.165) is 38.8 Å². The van der Waals surface area contributed by atoms with E-state index in [1.54, 1.807) is 7.11 Å². The number of nitrogens with one attached hydrogen (secondary N) is 1. The smallest absolute Gasteiger partial charge is 0.321 e. The summed E-state index contributed by atoms with van der Waals surface area (Å²) in [6.07, 6.45) is 5.01. The van der Waals surface area contributed by atoms with Gasteiger partial charge in [0.25, 0.3) is 0 Å². The molecule has 7 heteroatoms. The summed E-state index contributed by atoms with van der Waals surface area (Å²) in [5, 5.41) is 2.97. The number of nitrogens with zero attached hydrogens (tertiary/aromatic N) is 2. The van der Waals surface area contributed by atoms with Crippen LogP contribution in [0, 0.1) is 11.3 Å². The number of anilines is 1. The number of hydrogen-bond donors (Lipinski definition) is 1. The highest BCUT2D eigenvalue weighted by atomic mass is 16.5. The summed E-state index contributed by atoms with van der Waals surface area (Å²) in [6, 6.07) is 7.21. The number of carbonyl (C=O) groups is 2. The Balaban J connectivity index is 1.51. The van der Waals surface area contributed by atoms with Crippen molar-refractivity contribution in [3.63, 3.8) is 0 Å². The highest BCUT2D eigenvalue weighted by Gasteiger charge is 2.52. The molecule has 158 valence electrons. The van der Waals surface area contributed by atoms with Gasteiger partial charge >= 0.3 is 6.03 Å². The van der Waals surface area contributed by atoms with Gasteiger partial charge in [-0.05, 0) is 44.2 Å². The number of carbonyl (C=O) groups excluding carboxylic acids is 2. The molecule has 29 heavy (non-hydrogen) atoms. The molecule has 3 fully saturated rings. The van der Waals surface area contributed by atoms with Crippen molar-refractivity contribution in [1.29, 1.82) is 0 Å². The van der Waals surface area contributed by atoms with Crippen molar-refractivity contribution in [2.24, 2.45) is 11.3 Å². The van der Waals surface area contributed by atoms with E-state index in [1.807, 2.05) is 34.1 Å². The van der Waals surface area contributed by atoms with Crippen LogP contribution < -0.4 is 10.1 Å². The molecule has 3 saturated heterocycles. The van der Waals surface area contributed by atoms with E-state index in [4.69, 9.17) is 9.47 Å². The normalized spacial score (nSPS) is 23.8. The van der Waals surface area contributed by atoms with Gasteiger partial charge in [0, 0.05) is 44.8 Å². The highest BCUT2D eigenvalue weighted by molar-refractivity contribution is 5.92. The molecule has 1 spiro atoms. The third-order valence-electron chi connectivity index (χ3n) is 6.74. The van der Waals surface area contributed by atoms with Crippen molar-refractivity contribution in [3.8, 4) is 5.75 Å². The van der Waals surface area contributed by atoms with E-state index in [0.29, 0.717) is 37.7 Å². The number of piperidine rings is 1. The van der Waals surface area contributed by atoms with Gasteiger partial charge in [0.2, 0.25) is 5.91 Å². The first kappa shape index (κ1) is 20.0. The van der Waals surface area contributed by atoms with E-state index in [1.165, 1.54) is 6.42 Å². The van der Waals surface area contributed by atoms with Crippen LogP contribution in [-0.4, -0.2) is 68.2 Å². The largest absolute Gasteiger partial charge is 0.495 e. The summed E-state index contributed by atoms with van der Waals surface area (Å²) in [4.78, 5) is 30.3. The van der Waals surface area contributed by atoms with Crippen molar-refractivity contribution in [2.45, 2.75) is 32.1 Å². The number of amides is 3. The zero-order valence-corrected chi connectivity index (χ0v) is 17.2. The number of ether oxygens (including phenoxy) is 2. The minimum absolute atomic E-state index is 0.145. The quantitative estimate of drug-likeness (QED) is 0.845. The molecular formula is C22H31N3O4. The van der Waals surface area contributed by atoms with Crippen molar-refractivity contribution in [3.05, 3.63) is 24.3 Å². The van der Waals surface area contributed by atoms with Crippen LogP contribution in [0.25, 0.3) is 0 Å². The van der Waals surface area contributed by atoms with E-state index in [-0.39, 0.29) is 23.3 Å². The van der Waals surface area contributed by atoms with Crippen LogP contribution in [0.15, 0.2) is 24.3 Å². The molecule has 0 unspecified atom stereocenters. The van der Waals surface area contributed by atoms with Crippen LogP contribution in [0.5, 0.6) is 5.75 Å². The fourth-order valence-corrected chi connectivity index (χ4v) is 5.02. The van der Waals surface area contributed by atoms with Gasteiger partial charge in [-0.3, -0.25) is 4.79 Å². The van der Waals surface area contributed by atoms with Gasteiger partial charge in [-0.25, -0.2) is 4.79 Å². The average molecular weight is 402 g/mol. The number of urea groups is 1. The lowest BCUT2D eigenvalue weighted by Crippen LogP contribution is -2.47. The van der Waals surface area contributed by atoms with Gasteiger partial charge in [0.05, 0.1) is 18.7 Å². The first-order valence-corrected chi connectivity index (χ1v) is 10.7. The molecular weight excluding hydrogens is 370 g/mol. The Hall–Kier alpha value is -2.28. The van der Waals surface area contributed by atoms with Crippen LogP contribution in [0.4, 0.5) is 10.5 Å². The van der Waals surface area contributed by atoms with Crippen molar-refractivity contribution < 1.29 is 19.1 Å². The molecule has 3 aliphatic heterocycles. The zero-order valence-electron chi connectivity index (χ0n) is 17.2. The lowest BCUT2D eigenvalue weighted by atomic mass is 9.71. The maximum Gasteiger partial charge on any atom is 0.321 e. The monoisotopic (exact) mass is 401 g/mol. The predicted octanol–water partition coefficient (Wildman–Crippen LogP) is 2.97. The van der Waals surface area contributed by atoms with Crippen LogP contribution in [-0.2, 0) is 9.53 Å². The number of hydrogen-bond acceptors (Lipinski definition) is 4. The molecule has 0 aliphatic carbocycles. The zero-order chi connectivity index (χ0) is 20.3. The Labute approximate surface area is 172 Å². The molecule has 7 nitrogen and oxygen atoms in total. The van der Waals surface area contributed by atoms with E-state index >= 15 is 0 Å². The van der Waals surface area contributed by atoms with Crippen molar-refractivity contribution in [2.75, 3.05) is 51.8 Å². The predicted molar refractivity (Wildman–Crippen MR) is 110 cm³/mol. The minimum atomic E-state index is -0.176. The Morgan fingerprint density at radius 3 is 2.55 bits per heavy atom. The van der Waals surface area contributed by atoms with Gasteiger partial charge in [0.15, 0.2) is 0 Å². The molecule has 0 saturated carbocycles. The molecule has 1 aromatic carbocycles. The molecule has 1 N–H and O–H groups in total. The number of benzene rings is 1. The third-order valence-corrected chi connectivity index (χ3v) is 6.74. The molecule has 1 aromatic rings. The Morgan fingerprint density at radius 1 is 1.10 bits per heavy atom. The second kappa shape index (κ2) is 8.61.